The summed E-state index contributed by atoms with van der Waals surface area (Å²) in [7, 11) is 1.55. The van der Waals surface area contributed by atoms with Gasteiger partial charge in [0.1, 0.15) is 12.3 Å². The smallest absolute Gasteiger partial charge is 0.320 e. The fraction of sp³-hybridized carbons (Fsp3) is 0.190. The van der Waals surface area contributed by atoms with Crippen molar-refractivity contribution in [3.8, 4) is 11.4 Å². The molecule has 1 heterocycles. The number of carbonyl (C=O) groups excluding carboxylic acids is 1. The van der Waals surface area contributed by atoms with Gasteiger partial charge in [0.25, 0.3) is 0 Å². The number of amides is 1. The van der Waals surface area contributed by atoms with Gasteiger partial charge < -0.3 is 10.1 Å². The standard InChI is InChI=1S/C21H21N3O4/c1-28-18-9-7-17(8-10-18)24-14-13-23(20(26)21(24)27)15-19(25)22-12-11-16-5-3-2-4-6-16/h2-10,13-14H,11-12,15H2,1H3,(H,22,25). The quantitative estimate of drug-likeness (QED) is 0.629. The molecule has 0 bridgehead atoms. The molecule has 28 heavy (non-hydrogen) atoms. The number of hydrogen-bond acceptors (Lipinski definition) is 4. The Balaban J connectivity index is 1.66. The number of methoxy groups -OCH3 is 1. The first kappa shape index (κ1) is 19.2. The van der Waals surface area contributed by atoms with E-state index in [9.17, 15) is 14.4 Å². The van der Waals surface area contributed by atoms with Crippen LogP contribution in [0.3, 0.4) is 0 Å². The predicted octanol–water partition coefficient (Wildman–Crippen LogP) is 1.37. The topological polar surface area (TPSA) is 82.3 Å². The van der Waals surface area contributed by atoms with Gasteiger partial charge in [-0.05, 0) is 36.2 Å². The second kappa shape index (κ2) is 8.85. The van der Waals surface area contributed by atoms with Crippen LogP contribution >= 0.6 is 0 Å². The average molecular weight is 379 g/mol. The van der Waals surface area contributed by atoms with E-state index >= 15 is 0 Å². The summed E-state index contributed by atoms with van der Waals surface area (Å²) in [6.07, 6.45) is 3.61. The number of ether oxygens (including phenoxy) is 1. The lowest BCUT2D eigenvalue weighted by Crippen LogP contribution is -2.42. The minimum Gasteiger partial charge on any atom is -0.497 e. The van der Waals surface area contributed by atoms with Crippen LogP contribution in [0.15, 0.2) is 76.6 Å². The highest BCUT2D eigenvalue weighted by Crippen LogP contribution is 2.13. The molecule has 3 rings (SSSR count). The largest absolute Gasteiger partial charge is 0.497 e. The van der Waals surface area contributed by atoms with Gasteiger partial charge >= 0.3 is 11.1 Å². The lowest BCUT2D eigenvalue weighted by atomic mass is 10.1. The van der Waals surface area contributed by atoms with Gasteiger partial charge in [-0.1, -0.05) is 30.3 Å². The first-order chi connectivity index (χ1) is 13.6. The Hall–Kier alpha value is -3.61. The summed E-state index contributed by atoms with van der Waals surface area (Å²) in [6.45, 7) is 0.257. The fourth-order valence-electron chi connectivity index (χ4n) is 2.78. The van der Waals surface area contributed by atoms with Gasteiger partial charge in [0.05, 0.1) is 7.11 Å². The lowest BCUT2D eigenvalue weighted by Gasteiger charge is -2.10. The third kappa shape index (κ3) is 4.56. The highest BCUT2D eigenvalue weighted by atomic mass is 16.5. The van der Waals surface area contributed by atoms with Crippen molar-refractivity contribution in [2.24, 2.45) is 0 Å². The zero-order valence-corrected chi connectivity index (χ0v) is 15.5. The van der Waals surface area contributed by atoms with Gasteiger partial charge in [-0.3, -0.25) is 23.5 Å². The Kier molecular flexibility index (Phi) is 6.06. The summed E-state index contributed by atoms with van der Waals surface area (Å²) in [5.74, 6) is 0.331. The zero-order chi connectivity index (χ0) is 19.9. The number of carbonyl (C=O) groups is 1. The maximum Gasteiger partial charge on any atom is 0.320 e. The molecular weight excluding hydrogens is 358 g/mol. The van der Waals surface area contributed by atoms with E-state index in [1.165, 1.54) is 17.0 Å². The van der Waals surface area contributed by atoms with Crippen LogP contribution in [0.2, 0.25) is 0 Å². The Morgan fingerprint density at radius 3 is 2.36 bits per heavy atom. The second-order valence-corrected chi connectivity index (χ2v) is 6.19. The predicted molar refractivity (Wildman–Crippen MR) is 106 cm³/mol. The molecule has 1 aromatic heterocycles. The molecular formula is C21H21N3O4. The van der Waals surface area contributed by atoms with Crippen LogP contribution in [0.5, 0.6) is 5.75 Å². The highest BCUT2D eigenvalue weighted by molar-refractivity contribution is 5.75. The van der Waals surface area contributed by atoms with E-state index in [2.05, 4.69) is 5.32 Å². The fourth-order valence-corrected chi connectivity index (χ4v) is 2.78. The molecule has 0 fully saturated rings. The van der Waals surface area contributed by atoms with Gasteiger partial charge in [-0.2, -0.15) is 0 Å². The van der Waals surface area contributed by atoms with E-state index in [1.54, 1.807) is 31.4 Å². The number of hydrogen-bond donors (Lipinski definition) is 1. The SMILES string of the molecule is COc1ccc(-n2ccn(CC(=O)NCCc3ccccc3)c(=O)c2=O)cc1. The molecule has 0 aliphatic rings. The summed E-state index contributed by atoms with van der Waals surface area (Å²) >= 11 is 0. The normalized spacial score (nSPS) is 10.5. The molecule has 1 amide bonds. The van der Waals surface area contributed by atoms with Crippen LogP contribution in [-0.4, -0.2) is 28.7 Å². The maximum absolute atomic E-state index is 12.4. The summed E-state index contributed by atoms with van der Waals surface area (Å²) in [4.78, 5) is 36.8. The molecule has 0 unspecified atom stereocenters. The third-order valence-corrected chi connectivity index (χ3v) is 4.30. The Labute approximate surface area is 161 Å². The van der Waals surface area contributed by atoms with E-state index in [0.717, 1.165) is 10.1 Å². The first-order valence-electron chi connectivity index (χ1n) is 8.85. The Morgan fingerprint density at radius 2 is 1.68 bits per heavy atom. The van der Waals surface area contributed by atoms with Crippen molar-refractivity contribution in [1.29, 1.82) is 0 Å². The van der Waals surface area contributed by atoms with Crippen molar-refractivity contribution in [3.05, 3.63) is 93.3 Å². The van der Waals surface area contributed by atoms with Crippen LogP contribution in [-0.2, 0) is 17.8 Å². The molecule has 0 atom stereocenters. The van der Waals surface area contributed by atoms with Crippen LogP contribution in [0, 0.1) is 0 Å². The van der Waals surface area contributed by atoms with Gasteiger partial charge in [-0.25, -0.2) is 0 Å². The summed E-state index contributed by atoms with van der Waals surface area (Å²) in [5, 5.41) is 2.76. The van der Waals surface area contributed by atoms with Crippen molar-refractivity contribution < 1.29 is 9.53 Å². The number of aromatic nitrogens is 2. The molecule has 7 nitrogen and oxygen atoms in total. The minimum atomic E-state index is -0.753. The molecule has 0 radical (unpaired) electrons. The van der Waals surface area contributed by atoms with E-state index in [4.69, 9.17) is 4.74 Å². The van der Waals surface area contributed by atoms with Crippen molar-refractivity contribution in [1.82, 2.24) is 14.5 Å². The maximum atomic E-state index is 12.4. The molecule has 1 N–H and O–H groups in total. The van der Waals surface area contributed by atoms with E-state index in [1.807, 2.05) is 30.3 Å². The second-order valence-electron chi connectivity index (χ2n) is 6.19. The van der Waals surface area contributed by atoms with Gasteiger partial charge in [-0.15, -0.1) is 0 Å². The van der Waals surface area contributed by atoms with Crippen LogP contribution in [0.4, 0.5) is 0 Å². The summed E-state index contributed by atoms with van der Waals surface area (Å²) in [6, 6.07) is 16.5. The van der Waals surface area contributed by atoms with Crippen molar-refractivity contribution in [3.63, 3.8) is 0 Å². The van der Waals surface area contributed by atoms with Gasteiger partial charge in [0, 0.05) is 24.6 Å². The lowest BCUT2D eigenvalue weighted by molar-refractivity contribution is -0.121. The van der Waals surface area contributed by atoms with Crippen molar-refractivity contribution in [2.45, 2.75) is 13.0 Å². The van der Waals surface area contributed by atoms with Crippen LogP contribution in [0.25, 0.3) is 5.69 Å². The van der Waals surface area contributed by atoms with Crippen LogP contribution < -0.4 is 21.2 Å². The minimum absolute atomic E-state index is 0.202. The Morgan fingerprint density at radius 1 is 0.964 bits per heavy atom. The molecule has 144 valence electrons. The third-order valence-electron chi connectivity index (χ3n) is 4.30. The average Bonchev–Trinajstić information content (AvgIpc) is 2.72. The molecule has 0 saturated heterocycles. The van der Waals surface area contributed by atoms with Gasteiger partial charge in [0.15, 0.2) is 0 Å². The van der Waals surface area contributed by atoms with E-state index in [0.29, 0.717) is 24.4 Å². The zero-order valence-electron chi connectivity index (χ0n) is 15.5. The first-order valence-corrected chi connectivity index (χ1v) is 8.85. The molecule has 0 saturated carbocycles. The molecule has 3 aromatic rings. The van der Waals surface area contributed by atoms with Gasteiger partial charge in [0.2, 0.25) is 5.91 Å². The molecule has 0 spiro atoms. The monoisotopic (exact) mass is 379 g/mol. The summed E-state index contributed by atoms with van der Waals surface area (Å²) < 4.78 is 7.44. The van der Waals surface area contributed by atoms with E-state index < -0.39 is 11.1 Å². The highest BCUT2D eigenvalue weighted by Gasteiger charge is 2.10. The van der Waals surface area contributed by atoms with Crippen LogP contribution in [0.1, 0.15) is 5.56 Å². The van der Waals surface area contributed by atoms with E-state index in [-0.39, 0.29) is 12.5 Å². The number of nitrogens with one attached hydrogen (secondary N) is 1. The Bertz CT molecular complexity index is 1050. The molecule has 0 aliphatic heterocycles. The molecule has 7 heteroatoms. The molecule has 2 aromatic carbocycles. The van der Waals surface area contributed by atoms with Crippen molar-refractivity contribution >= 4 is 5.91 Å². The number of rotatable bonds is 7. The summed E-state index contributed by atoms with van der Waals surface area (Å²) in [5.41, 5.74) is 0.186. The number of nitrogens with zero attached hydrogens (tertiary/aromatic N) is 2. The van der Waals surface area contributed by atoms with Crippen molar-refractivity contribution in [2.75, 3.05) is 13.7 Å². The molecule has 0 aliphatic carbocycles. The number of benzene rings is 2.